The molecule has 1 aliphatic heterocycles. The van der Waals surface area contributed by atoms with Crippen LogP contribution in [-0.4, -0.2) is 36.1 Å². The molecule has 2 N–H and O–H groups in total. The van der Waals surface area contributed by atoms with Crippen molar-refractivity contribution < 1.29 is 14.3 Å². The molecule has 0 aliphatic carbocycles. The molecule has 7 heteroatoms. The van der Waals surface area contributed by atoms with E-state index in [-0.39, 0.29) is 11.9 Å². The highest BCUT2D eigenvalue weighted by Gasteiger charge is 2.27. The molecule has 2 heterocycles. The molecule has 0 bridgehead atoms. The van der Waals surface area contributed by atoms with E-state index in [2.05, 4.69) is 21.8 Å². The van der Waals surface area contributed by atoms with Crippen molar-refractivity contribution in [1.29, 1.82) is 0 Å². The summed E-state index contributed by atoms with van der Waals surface area (Å²) in [5.41, 5.74) is 7.90. The van der Waals surface area contributed by atoms with E-state index in [0.717, 1.165) is 6.42 Å². The zero-order valence-electron chi connectivity index (χ0n) is 15.1. The molecule has 1 aliphatic rings. The van der Waals surface area contributed by atoms with Gasteiger partial charge in [-0.1, -0.05) is 19.1 Å². The van der Waals surface area contributed by atoms with E-state index in [9.17, 15) is 4.79 Å². The first kappa shape index (κ1) is 18.0. The Labute approximate surface area is 153 Å². The summed E-state index contributed by atoms with van der Waals surface area (Å²) in [6.45, 7) is 3.48. The maximum Gasteiger partial charge on any atom is 0.308 e. The smallest absolute Gasteiger partial charge is 0.308 e. The van der Waals surface area contributed by atoms with E-state index in [1.165, 1.54) is 19.0 Å². The number of nitrogen functional groups attached to an aromatic ring is 1. The van der Waals surface area contributed by atoms with Gasteiger partial charge >= 0.3 is 5.97 Å². The zero-order valence-corrected chi connectivity index (χ0v) is 15.1. The van der Waals surface area contributed by atoms with Crippen LogP contribution in [0.25, 0.3) is 0 Å². The van der Waals surface area contributed by atoms with Crippen molar-refractivity contribution in [1.82, 2.24) is 9.97 Å². The lowest BCUT2D eigenvalue weighted by Crippen LogP contribution is -2.37. The summed E-state index contributed by atoms with van der Waals surface area (Å²) >= 11 is 0. The largest absolute Gasteiger partial charge is 0.469 e. The third-order valence-corrected chi connectivity index (χ3v) is 4.70. The van der Waals surface area contributed by atoms with Crippen LogP contribution in [0, 0.1) is 5.92 Å². The standard InChI is InChI=1S/C19H24N4O3/c1-3-13-4-6-15(7-5-13)26-18-16(20)17(21-12-22-18)23-10-8-14(9-11-23)19(24)25-2/h4-7,12,14H,3,8-11,20H2,1-2H3. The Morgan fingerprint density at radius 2 is 1.92 bits per heavy atom. The fourth-order valence-electron chi connectivity index (χ4n) is 3.10. The third-order valence-electron chi connectivity index (χ3n) is 4.70. The summed E-state index contributed by atoms with van der Waals surface area (Å²) in [4.78, 5) is 22.2. The Morgan fingerprint density at radius 3 is 2.54 bits per heavy atom. The minimum atomic E-state index is -0.153. The van der Waals surface area contributed by atoms with Gasteiger partial charge in [-0.15, -0.1) is 0 Å². The lowest BCUT2D eigenvalue weighted by Gasteiger charge is -2.32. The highest BCUT2D eigenvalue weighted by Crippen LogP contribution is 2.33. The topological polar surface area (TPSA) is 90.6 Å². The molecule has 0 atom stereocenters. The SMILES string of the molecule is CCc1ccc(Oc2ncnc(N3CCC(C(=O)OC)CC3)c2N)cc1. The van der Waals surface area contributed by atoms with Crippen molar-refractivity contribution >= 4 is 17.5 Å². The molecule has 138 valence electrons. The third kappa shape index (κ3) is 3.87. The average molecular weight is 356 g/mol. The monoisotopic (exact) mass is 356 g/mol. The Balaban J connectivity index is 1.72. The Kier molecular flexibility index (Phi) is 5.55. The number of piperidine rings is 1. The molecule has 0 radical (unpaired) electrons. The van der Waals surface area contributed by atoms with Crippen LogP contribution >= 0.6 is 0 Å². The van der Waals surface area contributed by atoms with Gasteiger partial charge < -0.3 is 20.1 Å². The highest BCUT2D eigenvalue weighted by atomic mass is 16.5. The van der Waals surface area contributed by atoms with Gasteiger partial charge in [0.05, 0.1) is 13.0 Å². The van der Waals surface area contributed by atoms with E-state index in [1.807, 2.05) is 24.3 Å². The molecule has 0 saturated carbocycles. The molecule has 0 amide bonds. The summed E-state index contributed by atoms with van der Waals surface area (Å²) in [5.74, 6) is 1.45. The Bertz CT molecular complexity index is 756. The highest BCUT2D eigenvalue weighted by molar-refractivity contribution is 5.73. The predicted molar refractivity (Wildman–Crippen MR) is 99.3 cm³/mol. The van der Waals surface area contributed by atoms with Crippen LogP contribution < -0.4 is 15.4 Å². The minimum absolute atomic E-state index is 0.0629. The normalized spacial score (nSPS) is 14.9. The molecule has 7 nitrogen and oxygen atoms in total. The fourth-order valence-corrected chi connectivity index (χ4v) is 3.10. The Hall–Kier alpha value is -2.83. The lowest BCUT2D eigenvalue weighted by atomic mass is 9.97. The molecule has 1 fully saturated rings. The van der Waals surface area contributed by atoms with E-state index < -0.39 is 0 Å². The van der Waals surface area contributed by atoms with Crippen molar-refractivity contribution in [2.75, 3.05) is 30.8 Å². The van der Waals surface area contributed by atoms with Gasteiger partial charge in [0.2, 0.25) is 5.88 Å². The molecule has 1 aromatic carbocycles. The quantitative estimate of drug-likeness (QED) is 0.824. The second-order valence-corrected chi connectivity index (χ2v) is 6.30. The molecule has 26 heavy (non-hydrogen) atoms. The van der Waals surface area contributed by atoms with Crippen LogP contribution in [0.5, 0.6) is 11.6 Å². The van der Waals surface area contributed by atoms with Gasteiger partial charge in [-0.3, -0.25) is 4.79 Å². The number of benzene rings is 1. The number of rotatable bonds is 5. The average Bonchev–Trinajstić information content (AvgIpc) is 2.69. The minimum Gasteiger partial charge on any atom is -0.469 e. The Morgan fingerprint density at radius 1 is 1.23 bits per heavy atom. The van der Waals surface area contributed by atoms with Gasteiger partial charge in [-0.2, -0.15) is 4.98 Å². The first-order valence-electron chi connectivity index (χ1n) is 8.82. The number of esters is 1. The van der Waals surface area contributed by atoms with Crippen molar-refractivity contribution in [2.45, 2.75) is 26.2 Å². The summed E-state index contributed by atoms with van der Waals surface area (Å²) in [6, 6.07) is 7.85. The number of hydrogen-bond acceptors (Lipinski definition) is 7. The number of carbonyl (C=O) groups excluding carboxylic acids is 1. The van der Waals surface area contributed by atoms with Crippen molar-refractivity contribution in [2.24, 2.45) is 5.92 Å². The van der Waals surface area contributed by atoms with E-state index in [0.29, 0.717) is 49.1 Å². The number of methoxy groups -OCH3 is 1. The fraction of sp³-hybridized carbons (Fsp3) is 0.421. The van der Waals surface area contributed by atoms with Crippen LogP contribution in [0.3, 0.4) is 0 Å². The lowest BCUT2D eigenvalue weighted by molar-refractivity contribution is -0.146. The van der Waals surface area contributed by atoms with Crippen molar-refractivity contribution in [3.8, 4) is 11.6 Å². The molecule has 2 aromatic rings. The van der Waals surface area contributed by atoms with Gasteiger partial charge in [0.15, 0.2) is 5.82 Å². The summed E-state index contributed by atoms with van der Waals surface area (Å²) in [5, 5.41) is 0. The summed E-state index contributed by atoms with van der Waals surface area (Å²) < 4.78 is 10.7. The molecule has 1 saturated heterocycles. The number of nitrogens with zero attached hydrogens (tertiary/aromatic N) is 3. The van der Waals surface area contributed by atoms with E-state index in [4.69, 9.17) is 15.2 Å². The van der Waals surface area contributed by atoms with Gasteiger partial charge in [-0.05, 0) is 37.0 Å². The zero-order chi connectivity index (χ0) is 18.5. The molecule has 0 unspecified atom stereocenters. The second-order valence-electron chi connectivity index (χ2n) is 6.30. The molecule has 0 spiro atoms. The molecular formula is C19H24N4O3. The number of anilines is 2. The first-order chi connectivity index (χ1) is 12.6. The van der Waals surface area contributed by atoms with Gasteiger partial charge in [-0.25, -0.2) is 4.98 Å². The van der Waals surface area contributed by atoms with Crippen molar-refractivity contribution in [3.63, 3.8) is 0 Å². The van der Waals surface area contributed by atoms with Crippen LogP contribution in [0.4, 0.5) is 11.5 Å². The van der Waals surface area contributed by atoms with Crippen LogP contribution in [0.2, 0.25) is 0 Å². The maximum absolute atomic E-state index is 11.7. The summed E-state index contributed by atoms with van der Waals surface area (Å²) in [6.07, 6.45) is 3.85. The number of nitrogens with two attached hydrogens (primary N) is 1. The molecule has 3 rings (SSSR count). The number of aromatic nitrogens is 2. The summed E-state index contributed by atoms with van der Waals surface area (Å²) in [7, 11) is 1.42. The van der Waals surface area contributed by atoms with Gasteiger partial charge in [0, 0.05) is 13.1 Å². The first-order valence-corrected chi connectivity index (χ1v) is 8.82. The number of aryl methyl sites for hydroxylation is 1. The van der Waals surface area contributed by atoms with Crippen molar-refractivity contribution in [3.05, 3.63) is 36.2 Å². The van der Waals surface area contributed by atoms with Crippen LogP contribution in [0.15, 0.2) is 30.6 Å². The predicted octanol–water partition coefficient (Wildman–Crippen LogP) is 2.80. The molecule has 1 aromatic heterocycles. The number of carbonyl (C=O) groups is 1. The van der Waals surface area contributed by atoms with Gasteiger partial charge in [0.1, 0.15) is 17.8 Å². The molecular weight excluding hydrogens is 332 g/mol. The number of hydrogen-bond donors (Lipinski definition) is 1. The van der Waals surface area contributed by atoms with Gasteiger partial charge in [0.25, 0.3) is 0 Å². The van der Waals surface area contributed by atoms with E-state index in [1.54, 1.807) is 0 Å². The second kappa shape index (κ2) is 8.03. The number of ether oxygens (including phenoxy) is 2. The van der Waals surface area contributed by atoms with E-state index >= 15 is 0 Å². The van der Waals surface area contributed by atoms with Crippen LogP contribution in [-0.2, 0) is 16.0 Å². The van der Waals surface area contributed by atoms with Crippen LogP contribution in [0.1, 0.15) is 25.3 Å². The maximum atomic E-state index is 11.7.